The van der Waals surface area contributed by atoms with Crippen molar-refractivity contribution in [1.29, 1.82) is 0 Å². The average Bonchev–Trinajstić information content (AvgIpc) is 2.83. The summed E-state index contributed by atoms with van der Waals surface area (Å²) in [6.45, 7) is 4.27. The molecular formula is C29H30O6. The maximum atomic E-state index is 13.2. The second-order valence-corrected chi connectivity index (χ2v) is 9.23. The van der Waals surface area contributed by atoms with Gasteiger partial charge in [-0.1, -0.05) is 50.6 Å². The molecule has 1 aromatic heterocycles. The van der Waals surface area contributed by atoms with Crippen LogP contribution < -0.4 is 10.2 Å². The van der Waals surface area contributed by atoms with E-state index in [1.54, 1.807) is 12.1 Å². The molecule has 0 aliphatic carbocycles. The second-order valence-electron chi connectivity index (χ2n) is 9.23. The molecule has 0 aliphatic rings. The van der Waals surface area contributed by atoms with Gasteiger partial charge in [0, 0.05) is 17.2 Å². The second kappa shape index (κ2) is 10.1. The molecule has 0 bridgehead atoms. The molecule has 1 atom stereocenters. The number of aromatic hydroxyl groups is 3. The highest BCUT2D eigenvalue weighted by Gasteiger charge is 2.29. The number of rotatable bonds is 8. The van der Waals surface area contributed by atoms with Crippen molar-refractivity contribution in [2.24, 2.45) is 5.92 Å². The zero-order valence-electron chi connectivity index (χ0n) is 20.1. The van der Waals surface area contributed by atoms with Gasteiger partial charge in [0.2, 0.25) is 5.75 Å². The van der Waals surface area contributed by atoms with E-state index in [0.29, 0.717) is 23.5 Å². The molecule has 6 heteroatoms. The molecule has 0 fully saturated rings. The van der Waals surface area contributed by atoms with Crippen LogP contribution >= 0.6 is 0 Å². The molecule has 0 aliphatic heterocycles. The summed E-state index contributed by atoms with van der Waals surface area (Å²) in [6, 6.07) is 17.5. The number of ether oxygens (including phenoxy) is 1. The summed E-state index contributed by atoms with van der Waals surface area (Å²) in [5, 5.41) is 31.8. The molecule has 3 aromatic carbocycles. The third-order valence-corrected chi connectivity index (χ3v) is 6.30. The van der Waals surface area contributed by atoms with Crippen LogP contribution in [0.25, 0.3) is 22.3 Å². The van der Waals surface area contributed by atoms with Gasteiger partial charge in [0.1, 0.15) is 22.5 Å². The number of phenols is 3. The van der Waals surface area contributed by atoms with Gasteiger partial charge in [0.15, 0.2) is 16.9 Å². The molecule has 0 radical (unpaired) electrons. The highest BCUT2D eigenvalue weighted by molar-refractivity contribution is 5.93. The van der Waals surface area contributed by atoms with Crippen LogP contribution in [-0.2, 0) is 6.42 Å². The van der Waals surface area contributed by atoms with Crippen molar-refractivity contribution in [3.8, 4) is 34.3 Å². The molecule has 0 spiro atoms. The molecule has 3 N–H and O–H groups in total. The average molecular weight is 475 g/mol. The Hall–Kier alpha value is -3.93. The van der Waals surface area contributed by atoms with Crippen LogP contribution in [-0.4, -0.2) is 22.4 Å². The van der Waals surface area contributed by atoms with Gasteiger partial charge >= 0.3 is 0 Å². The monoisotopic (exact) mass is 474 g/mol. The van der Waals surface area contributed by atoms with Crippen LogP contribution in [0.1, 0.15) is 43.7 Å². The number of hydrogen-bond acceptors (Lipinski definition) is 6. The molecule has 0 saturated carbocycles. The van der Waals surface area contributed by atoms with Gasteiger partial charge in [-0.3, -0.25) is 4.79 Å². The van der Waals surface area contributed by atoms with Crippen molar-refractivity contribution in [3.05, 3.63) is 82.0 Å². The summed E-state index contributed by atoms with van der Waals surface area (Å²) < 4.78 is 11.6. The lowest BCUT2D eigenvalue weighted by Gasteiger charge is -2.23. The van der Waals surface area contributed by atoms with E-state index in [4.69, 9.17) is 9.15 Å². The first-order valence-electron chi connectivity index (χ1n) is 11.7. The molecule has 0 amide bonds. The fourth-order valence-electron chi connectivity index (χ4n) is 4.48. The standard InChI is InChI=1S/C29H30O6/c1-17(2)9-10-20(15-18-7-5-4-6-8-18)24-26(32)29(34-3)27(33)25-22(31)16-23(35-28(24)25)19-11-13-21(30)14-12-19/h4-8,11-14,16-17,20,30,32-33H,9-10,15H2,1-3H3/t20-/m1/s1. The van der Waals surface area contributed by atoms with E-state index in [2.05, 4.69) is 13.8 Å². The number of methoxy groups -OCH3 is 1. The van der Waals surface area contributed by atoms with Crippen molar-refractivity contribution in [2.45, 2.75) is 39.0 Å². The molecular weight excluding hydrogens is 444 g/mol. The van der Waals surface area contributed by atoms with Crippen molar-refractivity contribution >= 4 is 11.0 Å². The smallest absolute Gasteiger partial charge is 0.204 e. The minimum absolute atomic E-state index is 0.0280. The van der Waals surface area contributed by atoms with Crippen LogP contribution in [0.15, 0.2) is 69.9 Å². The lowest BCUT2D eigenvalue weighted by molar-refractivity contribution is 0.341. The Morgan fingerprint density at radius 1 is 0.914 bits per heavy atom. The molecule has 4 aromatic rings. The van der Waals surface area contributed by atoms with Crippen molar-refractivity contribution in [1.82, 2.24) is 0 Å². The van der Waals surface area contributed by atoms with Crippen LogP contribution in [0, 0.1) is 5.92 Å². The number of hydrogen-bond donors (Lipinski definition) is 3. The molecule has 182 valence electrons. The van der Waals surface area contributed by atoms with Gasteiger partial charge in [-0.25, -0.2) is 0 Å². The minimum Gasteiger partial charge on any atom is -0.508 e. The summed E-state index contributed by atoms with van der Waals surface area (Å²) in [4.78, 5) is 13.2. The molecule has 6 nitrogen and oxygen atoms in total. The van der Waals surface area contributed by atoms with Gasteiger partial charge in [-0.15, -0.1) is 0 Å². The van der Waals surface area contributed by atoms with Gasteiger partial charge in [-0.2, -0.15) is 0 Å². The molecule has 0 unspecified atom stereocenters. The lowest BCUT2D eigenvalue weighted by atomic mass is 9.84. The first kappa shape index (κ1) is 24.2. The van der Waals surface area contributed by atoms with Crippen LogP contribution in [0.3, 0.4) is 0 Å². The summed E-state index contributed by atoms with van der Waals surface area (Å²) in [5.41, 5.74) is 1.80. The lowest BCUT2D eigenvalue weighted by Crippen LogP contribution is -2.10. The Bertz CT molecular complexity index is 1370. The highest BCUT2D eigenvalue weighted by atomic mass is 16.5. The van der Waals surface area contributed by atoms with E-state index in [-0.39, 0.29) is 39.9 Å². The first-order chi connectivity index (χ1) is 16.8. The predicted molar refractivity (Wildman–Crippen MR) is 136 cm³/mol. The zero-order valence-corrected chi connectivity index (χ0v) is 20.1. The predicted octanol–water partition coefficient (Wildman–Crippen LogP) is 6.35. The minimum atomic E-state index is -0.450. The van der Waals surface area contributed by atoms with Crippen molar-refractivity contribution in [2.75, 3.05) is 7.11 Å². The number of benzene rings is 3. The third kappa shape index (κ3) is 4.97. The normalized spacial score (nSPS) is 12.2. The van der Waals surface area contributed by atoms with Gasteiger partial charge in [0.25, 0.3) is 0 Å². The van der Waals surface area contributed by atoms with Gasteiger partial charge in [-0.05, 0) is 54.5 Å². The summed E-state index contributed by atoms with van der Waals surface area (Å²) in [7, 11) is 1.34. The highest BCUT2D eigenvalue weighted by Crippen LogP contribution is 2.49. The summed E-state index contributed by atoms with van der Waals surface area (Å²) >= 11 is 0. The van der Waals surface area contributed by atoms with Gasteiger partial charge in [0.05, 0.1) is 7.11 Å². The Kier molecular flexibility index (Phi) is 7.01. The van der Waals surface area contributed by atoms with E-state index in [9.17, 15) is 20.1 Å². The number of phenolic OH excluding ortho intramolecular Hbond substituents is 3. The van der Waals surface area contributed by atoms with E-state index >= 15 is 0 Å². The quantitative estimate of drug-likeness (QED) is 0.275. The molecule has 35 heavy (non-hydrogen) atoms. The Labute approximate surface area is 204 Å². The maximum absolute atomic E-state index is 13.2. The third-order valence-electron chi connectivity index (χ3n) is 6.30. The zero-order chi connectivity index (χ0) is 25.1. The first-order valence-corrected chi connectivity index (χ1v) is 11.7. The Balaban J connectivity index is 1.99. The Morgan fingerprint density at radius 3 is 2.23 bits per heavy atom. The largest absolute Gasteiger partial charge is 0.508 e. The fourth-order valence-corrected chi connectivity index (χ4v) is 4.48. The summed E-state index contributed by atoms with van der Waals surface area (Å²) in [5.74, 6) is -0.218. The summed E-state index contributed by atoms with van der Waals surface area (Å²) in [6.07, 6.45) is 2.23. The van der Waals surface area contributed by atoms with E-state index < -0.39 is 11.2 Å². The number of fused-ring (bicyclic) bond motifs is 1. The topological polar surface area (TPSA) is 100 Å². The van der Waals surface area contributed by atoms with E-state index in [1.807, 2.05) is 30.3 Å². The van der Waals surface area contributed by atoms with Crippen LogP contribution in [0.5, 0.6) is 23.0 Å². The molecule has 4 rings (SSSR count). The molecule has 1 heterocycles. The van der Waals surface area contributed by atoms with Crippen LogP contribution in [0.4, 0.5) is 0 Å². The molecule has 0 saturated heterocycles. The van der Waals surface area contributed by atoms with Crippen LogP contribution in [0.2, 0.25) is 0 Å². The fraction of sp³-hybridized carbons (Fsp3) is 0.276. The van der Waals surface area contributed by atoms with Gasteiger partial charge < -0.3 is 24.5 Å². The Morgan fingerprint density at radius 2 is 1.60 bits per heavy atom. The van der Waals surface area contributed by atoms with E-state index in [0.717, 1.165) is 18.4 Å². The van der Waals surface area contributed by atoms with E-state index in [1.165, 1.54) is 25.3 Å². The maximum Gasteiger partial charge on any atom is 0.204 e. The van der Waals surface area contributed by atoms with Crippen molar-refractivity contribution < 1.29 is 24.5 Å². The SMILES string of the molecule is COc1c(O)c([C@H](CCC(C)C)Cc2ccccc2)c2oc(-c3ccc(O)cc3)cc(=O)c2c1O. The van der Waals surface area contributed by atoms with Crippen molar-refractivity contribution in [3.63, 3.8) is 0 Å².